The molecule has 0 radical (unpaired) electrons. The molecule has 2 heterocycles. The second kappa shape index (κ2) is 6.51. The van der Waals surface area contributed by atoms with Crippen LogP contribution in [0, 0.1) is 6.92 Å². The quantitative estimate of drug-likeness (QED) is 0.745. The van der Waals surface area contributed by atoms with E-state index in [1.807, 2.05) is 4.52 Å². The first kappa shape index (κ1) is 16.1. The Labute approximate surface area is 149 Å². The fourth-order valence-electron chi connectivity index (χ4n) is 3.72. The lowest BCUT2D eigenvalue weighted by molar-refractivity contribution is 0.655. The molecule has 130 valence electrons. The molecule has 4 nitrogen and oxygen atoms in total. The van der Waals surface area contributed by atoms with Crippen LogP contribution in [0.5, 0.6) is 0 Å². The number of hydrogen-bond donors (Lipinski definition) is 1. The summed E-state index contributed by atoms with van der Waals surface area (Å²) in [5.41, 5.74) is 6.97. The molecule has 1 aliphatic carbocycles. The second-order valence-corrected chi connectivity index (χ2v) is 7.11. The van der Waals surface area contributed by atoms with Gasteiger partial charge in [0.1, 0.15) is 5.82 Å². The van der Waals surface area contributed by atoms with Gasteiger partial charge in [-0.3, -0.25) is 0 Å². The van der Waals surface area contributed by atoms with Gasteiger partial charge in [-0.2, -0.15) is 9.61 Å². The Morgan fingerprint density at radius 2 is 1.92 bits per heavy atom. The first-order chi connectivity index (χ1) is 12.2. The molecule has 0 saturated carbocycles. The van der Waals surface area contributed by atoms with Crippen molar-refractivity contribution < 1.29 is 0 Å². The highest BCUT2D eigenvalue weighted by Crippen LogP contribution is 2.34. The third-order valence-electron chi connectivity index (χ3n) is 5.27. The molecule has 3 aromatic rings. The lowest BCUT2D eigenvalue weighted by atomic mass is 9.96. The molecule has 0 aliphatic heterocycles. The number of aryl methyl sites for hydroxylation is 2. The molecule has 1 N–H and O–H groups in total. The van der Waals surface area contributed by atoms with Crippen LogP contribution in [0.15, 0.2) is 30.3 Å². The van der Waals surface area contributed by atoms with Gasteiger partial charge in [0, 0.05) is 22.9 Å². The summed E-state index contributed by atoms with van der Waals surface area (Å²) in [4.78, 5) is 5.07. The molecule has 0 spiro atoms. The van der Waals surface area contributed by atoms with Crippen LogP contribution in [0.2, 0.25) is 0 Å². The van der Waals surface area contributed by atoms with Gasteiger partial charge >= 0.3 is 0 Å². The smallest absolute Gasteiger partial charge is 0.165 e. The van der Waals surface area contributed by atoms with E-state index in [4.69, 9.17) is 10.1 Å². The van der Waals surface area contributed by atoms with Crippen molar-refractivity contribution in [3.05, 3.63) is 47.3 Å². The Morgan fingerprint density at radius 1 is 1.16 bits per heavy atom. The molecule has 1 unspecified atom stereocenters. The average molecular weight is 334 g/mol. The Morgan fingerprint density at radius 3 is 2.68 bits per heavy atom. The Hall–Kier alpha value is -2.36. The lowest BCUT2D eigenvalue weighted by Crippen LogP contribution is -2.21. The molecular weight excluding hydrogens is 308 g/mol. The largest absolute Gasteiger partial charge is 0.367 e. The van der Waals surface area contributed by atoms with Gasteiger partial charge in [-0.15, -0.1) is 0 Å². The van der Waals surface area contributed by atoms with Crippen LogP contribution < -0.4 is 5.32 Å². The van der Waals surface area contributed by atoms with E-state index >= 15 is 0 Å². The Balaban J connectivity index is 1.98. The third kappa shape index (κ3) is 2.80. The van der Waals surface area contributed by atoms with E-state index in [0.717, 1.165) is 42.0 Å². The van der Waals surface area contributed by atoms with Crippen LogP contribution in [0.1, 0.15) is 50.1 Å². The van der Waals surface area contributed by atoms with Gasteiger partial charge in [-0.1, -0.05) is 37.3 Å². The minimum atomic E-state index is 0.418. The number of benzene rings is 1. The number of nitrogens with zero attached hydrogens (tertiary/aromatic N) is 3. The van der Waals surface area contributed by atoms with E-state index in [9.17, 15) is 0 Å². The van der Waals surface area contributed by atoms with Gasteiger partial charge < -0.3 is 5.32 Å². The van der Waals surface area contributed by atoms with Crippen LogP contribution >= 0.6 is 0 Å². The van der Waals surface area contributed by atoms with E-state index in [2.05, 4.69) is 56.4 Å². The first-order valence-corrected chi connectivity index (χ1v) is 9.42. The molecule has 0 fully saturated rings. The van der Waals surface area contributed by atoms with E-state index in [1.54, 1.807) is 0 Å². The molecule has 0 amide bonds. The van der Waals surface area contributed by atoms with Gasteiger partial charge in [-0.05, 0) is 51.5 Å². The predicted octanol–water partition coefficient (Wildman–Crippen LogP) is 4.79. The zero-order chi connectivity index (χ0) is 17.4. The Kier molecular flexibility index (Phi) is 4.20. The molecule has 4 heteroatoms. The SMILES string of the molecule is CCC(C)Nc1c2c(nc3c(-c4ccccc4)c(C)nn13)CCCC2. The van der Waals surface area contributed by atoms with E-state index in [1.165, 1.54) is 29.7 Å². The van der Waals surface area contributed by atoms with Gasteiger partial charge in [-0.25, -0.2) is 4.98 Å². The lowest BCUT2D eigenvalue weighted by Gasteiger charge is -2.23. The van der Waals surface area contributed by atoms with Crippen molar-refractivity contribution in [1.29, 1.82) is 0 Å². The zero-order valence-corrected chi connectivity index (χ0v) is 15.3. The summed E-state index contributed by atoms with van der Waals surface area (Å²) in [5.74, 6) is 1.15. The predicted molar refractivity (Wildman–Crippen MR) is 103 cm³/mol. The molecule has 25 heavy (non-hydrogen) atoms. The average Bonchev–Trinajstić information content (AvgIpc) is 2.97. The number of hydrogen-bond acceptors (Lipinski definition) is 3. The second-order valence-electron chi connectivity index (χ2n) is 7.11. The summed E-state index contributed by atoms with van der Waals surface area (Å²) in [6.07, 6.45) is 5.72. The van der Waals surface area contributed by atoms with Gasteiger partial charge in [0.2, 0.25) is 0 Å². The van der Waals surface area contributed by atoms with Crippen molar-refractivity contribution in [1.82, 2.24) is 14.6 Å². The van der Waals surface area contributed by atoms with Crippen LogP contribution in [0.4, 0.5) is 5.82 Å². The number of fused-ring (bicyclic) bond motifs is 2. The molecular formula is C21H26N4. The maximum Gasteiger partial charge on any atom is 0.165 e. The van der Waals surface area contributed by atoms with Crippen molar-refractivity contribution in [2.24, 2.45) is 0 Å². The van der Waals surface area contributed by atoms with Crippen LogP contribution in [-0.4, -0.2) is 20.6 Å². The van der Waals surface area contributed by atoms with Crippen molar-refractivity contribution in [3.8, 4) is 11.1 Å². The van der Waals surface area contributed by atoms with Crippen molar-refractivity contribution in [2.45, 2.75) is 58.9 Å². The number of rotatable bonds is 4. The van der Waals surface area contributed by atoms with Gasteiger partial charge in [0.25, 0.3) is 0 Å². The van der Waals surface area contributed by atoms with Crippen molar-refractivity contribution in [3.63, 3.8) is 0 Å². The number of aromatic nitrogens is 3. The molecule has 0 saturated heterocycles. The zero-order valence-electron chi connectivity index (χ0n) is 15.3. The summed E-state index contributed by atoms with van der Waals surface area (Å²) in [5, 5.41) is 8.59. The van der Waals surface area contributed by atoms with Crippen LogP contribution in [-0.2, 0) is 12.8 Å². The maximum absolute atomic E-state index is 5.07. The fraction of sp³-hybridized carbons (Fsp3) is 0.429. The highest BCUT2D eigenvalue weighted by molar-refractivity contribution is 5.81. The molecule has 2 aromatic heterocycles. The first-order valence-electron chi connectivity index (χ1n) is 9.42. The monoisotopic (exact) mass is 334 g/mol. The standard InChI is InChI=1S/C21H26N4/c1-4-14(2)22-20-17-12-8-9-13-18(17)23-21-19(15(3)24-25(20)21)16-10-6-5-7-11-16/h5-7,10-11,14,22H,4,8-9,12-13H2,1-3H3. The third-order valence-corrected chi connectivity index (χ3v) is 5.27. The minimum absolute atomic E-state index is 0.418. The molecule has 0 bridgehead atoms. The summed E-state index contributed by atoms with van der Waals surface area (Å²) >= 11 is 0. The van der Waals surface area contributed by atoms with Gasteiger partial charge in [0.15, 0.2) is 5.65 Å². The molecule has 1 aliphatic rings. The highest BCUT2D eigenvalue weighted by Gasteiger charge is 2.23. The molecule has 1 aromatic carbocycles. The fourth-order valence-corrected chi connectivity index (χ4v) is 3.72. The van der Waals surface area contributed by atoms with Crippen LogP contribution in [0.25, 0.3) is 16.8 Å². The van der Waals surface area contributed by atoms with Gasteiger partial charge in [0.05, 0.1) is 5.69 Å². The summed E-state index contributed by atoms with van der Waals surface area (Å²) in [7, 11) is 0. The van der Waals surface area contributed by atoms with E-state index in [0.29, 0.717) is 6.04 Å². The topological polar surface area (TPSA) is 42.2 Å². The van der Waals surface area contributed by atoms with Crippen molar-refractivity contribution >= 4 is 11.5 Å². The molecule has 1 atom stereocenters. The van der Waals surface area contributed by atoms with E-state index < -0.39 is 0 Å². The van der Waals surface area contributed by atoms with E-state index in [-0.39, 0.29) is 0 Å². The minimum Gasteiger partial charge on any atom is -0.367 e. The highest BCUT2D eigenvalue weighted by atomic mass is 15.3. The summed E-state index contributed by atoms with van der Waals surface area (Å²) in [6, 6.07) is 10.9. The molecule has 4 rings (SSSR count). The summed E-state index contributed by atoms with van der Waals surface area (Å²) < 4.78 is 2.05. The number of anilines is 1. The van der Waals surface area contributed by atoms with Crippen molar-refractivity contribution in [2.75, 3.05) is 5.32 Å². The maximum atomic E-state index is 5.07. The van der Waals surface area contributed by atoms with Crippen LogP contribution in [0.3, 0.4) is 0 Å². The Bertz CT molecular complexity index is 895. The summed E-state index contributed by atoms with van der Waals surface area (Å²) in [6.45, 7) is 6.53. The number of nitrogens with one attached hydrogen (secondary N) is 1. The normalized spacial score (nSPS) is 15.2.